The summed E-state index contributed by atoms with van der Waals surface area (Å²) in [4.78, 5) is 5.93. The van der Waals surface area contributed by atoms with E-state index in [-0.39, 0.29) is 0 Å². The largest absolute Gasteiger partial charge is 0.385 e. The second kappa shape index (κ2) is 13.0. The van der Waals surface area contributed by atoms with Crippen LogP contribution in [0.3, 0.4) is 0 Å². The van der Waals surface area contributed by atoms with Crippen LogP contribution in [0.25, 0.3) is 11.4 Å². The van der Waals surface area contributed by atoms with E-state index in [1.807, 2.05) is 13.8 Å². The molecule has 0 radical (unpaired) electrons. The van der Waals surface area contributed by atoms with Crippen LogP contribution in [0.2, 0.25) is 0 Å². The van der Waals surface area contributed by atoms with Crippen molar-refractivity contribution in [1.82, 2.24) is 15.5 Å². The number of nitrogens with one attached hydrogen (secondary N) is 2. The van der Waals surface area contributed by atoms with Gasteiger partial charge < -0.3 is 20.4 Å². The number of benzene rings is 1. The molecule has 1 aromatic carbocycles. The molecule has 174 valence electrons. The molecule has 2 heterocycles. The minimum Gasteiger partial charge on any atom is -0.385 e. The Hall–Kier alpha value is -2.66. The van der Waals surface area contributed by atoms with E-state index in [2.05, 4.69) is 89.7 Å². The summed E-state index contributed by atoms with van der Waals surface area (Å²) in [5.74, 6) is 0.928. The standard InChI is InChI=1S/C25H34N4S.C2H6/c1-6-7-13-26-20(3)23-8-10-24(11-9-23)29-16-14-28(15-17-29)22(5)27-21(4)25-19(2)12-18-30-25;1-2/h8-12,18,26-27H,3-7,13-17H2,1-2H3;1-2H3. The smallest absolute Gasteiger partial charge is 0.0984 e. The highest BCUT2D eigenvalue weighted by Gasteiger charge is 2.19. The summed E-state index contributed by atoms with van der Waals surface area (Å²) < 4.78 is 0. The Bertz CT molecular complexity index is 873. The molecule has 0 atom stereocenters. The molecule has 0 saturated carbocycles. The van der Waals surface area contributed by atoms with E-state index in [1.54, 1.807) is 11.3 Å². The van der Waals surface area contributed by atoms with Gasteiger partial charge in [0.15, 0.2) is 0 Å². The third kappa shape index (κ3) is 6.92. The highest BCUT2D eigenvalue weighted by Crippen LogP contribution is 2.24. The number of piperazine rings is 1. The molecule has 1 saturated heterocycles. The third-order valence-corrected chi connectivity index (χ3v) is 6.62. The molecule has 1 aromatic heterocycles. The minimum atomic E-state index is 0.928. The van der Waals surface area contributed by atoms with Gasteiger partial charge in [-0.1, -0.05) is 59.1 Å². The Labute approximate surface area is 199 Å². The summed E-state index contributed by atoms with van der Waals surface area (Å²) >= 11 is 1.71. The van der Waals surface area contributed by atoms with Gasteiger partial charge in [-0.3, -0.25) is 0 Å². The van der Waals surface area contributed by atoms with E-state index in [1.165, 1.54) is 29.0 Å². The second-order valence-corrected chi connectivity index (χ2v) is 8.68. The monoisotopic (exact) mass is 452 g/mol. The summed E-state index contributed by atoms with van der Waals surface area (Å²) in [5, 5.41) is 8.91. The van der Waals surface area contributed by atoms with Gasteiger partial charge in [0.2, 0.25) is 0 Å². The Morgan fingerprint density at radius 2 is 1.62 bits per heavy atom. The van der Waals surface area contributed by atoms with Crippen molar-refractivity contribution < 1.29 is 0 Å². The van der Waals surface area contributed by atoms with E-state index < -0.39 is 0 Å². The van der Waals surface area contributed by atoms with Crippen molar-refractivity contribution in [2.45, 2.75) is 40.5 Å². The first-order valence-corrected chi connectivity index (χ1v) is 12.6. The van der Waals surface area contributed by atoms with Crippen LogP contribution in [-0.4, -0.2) is 37.6 Å². The molecular weight excluding hydrogens is 412 g/mol. The molecule has 4 nitrogen and oxygen atoms in total. The summed E-state index contributed by atoms with van der Waals surface area (Å²) in [6.45, 7) is 25.7. The van der Waals surface area contributed by atoms with Crippen LogP contribution in [0.15, 0.2) is 61.3 Å². The van der Waals surface area contributed by atoms with Crippen molar-refractivity contribution in [2.75, 3.05) is 37.6 Å². The summed E-state index contributed by atoms with van der Waals surface area (Å²) in [6, 6.07) is 10.8. The minimum absolute atomic E-state index is 0.928. The van der Waals surface area contributed by atoms with Gasteiger partial charge in [-0.05, 0) is 48.1 Å². The lowest BCUT2D eigenvalue weighted by atomic mass is 10.1. The lowest BCUT2D eigenvalue weighted by Gasteiger charge is -2.38. The SMILES string of the molecule is C=C(NCCCC)c1ccc(N2CCN(C(=C)NC(=C)c3sccc3C)CC2)cc1.CC. The maximum atomic E-state index is 4.24. The van der Waals surface area contributed by atoms with E-state index in [0.717, 1.165) is 55.5 Å². The Morgan fingerprint density at radius 1 is 0.969 bits per heavy atom. The molecule has 0 amide bonds. The maximum Gasteiger partial charge on any atom is 0.0984 e. The zero-order valence-corrected chi connectivity index (χ0v) is 21.2. The van der Waals surface area contributed by atoms with E-state index >= 15 is 0 Å². The van der Waals surface area contributed by atoms with Crippen LogP contribution in [-0.2, 0) is 0 Å². The van der Waals surface area contributed by atoms with Crippen molar-refractivity contribution in [1.29, 1.82) is 0 Å². The maximum absolute atomic E-state index is 4.24. The lowest BCUT2D eigenvalue weighted by Crippen LogP contribution is -2.47. The summed E-state index contributed by atoms with van der Waals surface area (Å²) in [7, 11) is 0. The van der Waals surface area contributed by atoms with E-state index in [4.69, 9.17) is 0 Å². The number of unbranched alkanes of at least 4 members (excludes halogenated alkanes) is 1. The zero-order valence-electron chi connectivity index (χ0n) is 20.3. The van der Waals surface area contributed by atoms with Crippen LogP contribution in [0.4, 0.5) is 5.69 Å². The number of anilines is 1. The Morgan fingerprint density at radius 3 is 2.19 bits per heavy atom. The van der Waals surface area contributed by atoms with E-state index in [9.17, 15) is 0 Å². The molecule has 0 bridgehead atoms. The zero-order chi connectivity index (χ0) is 23.5. The van der Waals surface area contributed by atoms with Gasteiger partial charge in [0.1, 0.15) is 0 Å². The van der Waals surface area contributed by atoms with Gasteiger partial charge in [-0.2, -0.15) is 0 Å². The van der Waals surface area contributed by atoms with Gasteiger partial charge in [-0.15, -0.1) is 11.3 Å². The Kier molecular flexibility index (Phi) is 10.4. The number of thiophene rings is 1. The lowest BCUT2D eigenvalue weighted by molar-refractivity contribution is 0.310. The van der Waals surface area contributed by atoms with Crippen LogP contribution >= 0.6 is 11.3 Å². The summed E-state index contributed by atoms with van der Waals surface area (Å²) in [5.41, 5.74) is 5.61. The van der Waals surface area contributed by atoms with Gasteiger partial charge in [0, 0.05) is 49.8 Å². The first-order valence-electron chi connectivity index (χ1n) is 11.7. The van der Waals surface area contributed by atoms with Crippen LogP contribution in [0.1, 0.15) is 49.6 Å². The number of hydrogen-bond donors (Lipinski definition) is 2. The van der Waals surface area contributed by atoms with Gasteiger partial charge in [-0.25, -0.2) is 0 Å². The highest BCUT2D eigenvalue weighted by atomic mass is 32.1. The predicted molar refractivity (Wildman–Crippen MR) is 144 cm³/mol. The van der Waals surface area contributed by atoms with Gasteiger partial charge >= 0.3 is 0 Å². The van der Waals surface area contributed by atoms with Gasteiger partial charge in [0.25, 0.3) is 0 Å². The predicted octanol–water partition coefficient (Wildman–Crippen LogP) is 6.30. The van der Waals surface area contributed by atoms with E-state index in [0.29, 0.717) is 0 Å². The van der Waals surface area contributed by atoms with Gasteiger partial charge in [0.05, 0.1) is 10.7 Å². The third-order valence-electron chi connectivity index (χ3n) is 5.54. The molecule has 2 N–H and O–H groups in total. The molecule has 32 heavy (non-hydrogen) atoms. The molecule has 0 aliphatic carbocycles. The van der Waals surface area contributed by atoms with Crippen molar-refractivity contribution in [3.05, 3.63) is 77.3 Å². The molecule has 5 heteroatoms. The number of nitrogens with zero attached hydrogens (tertiary/aromatic N) is 2. The molecule has 0 spiro atoms. The Balaban J connectivity index is 0.00000176. The average Bonchev–Trinajstić information content (AvgIpc) is 3.26. The van der Waals surface area contributed by atoms with Crippen LogP contribution in [0, 0.1) is 6.92 Å². The van der Waals surface area contributed by atoms with Crippen LogP contribution in [0.5, 0.6) is 0 Å². The van der Waals surface area contributed by atoms with Crippen LogP contribution < -0.4 is 15.5 Å². The molecule has 1 fully saturated rings. The fourth-order valence-corrected chi connectivity index (χ4v) is 4.47. The van der Waals surface area contributed by atoms with Crippen molar-refractivity contribution in [2.24, 2.45) is 0 Å². The van der Waals surface area contributed by atoms with Crippen molar-refractivity contribution in [3.8, 4) is 0 Å². The molecule has 1 aliphatic heterocycles. The molecule has 2 aromatic rings. The van der Waals surface area contributed by atoms with Crippen molar-refractivity contribution >= 4 is 28.4 Å². The number of aryl methyl sites for hydroxylation is 1. The number of hydrogen-bond acceptors (Lipinski definition) is 5. The summed E-state index contributed by atoms with van der Waals surface area (Å²) in [6.07, 6.45) is 2.36. The molecule has 0 unspecified atom stereocenters. The second-order valence-electron chi connectivity index (χ2n) is 7.76. The first-order chi connectivity index (χ1) is 15.5. The average molecular weight is 453 g/mol. The topological polar surface area (TPSA) is 30.5 Å². The first kappa shape index (κ1) is 25.6. The molecule has 1 aliphatic rings. The highest BCUT2D eigenvalue weighted by molar-refractivity contribution is 7.11. The molecule has 3 rings (SSSR count). The fourth-order valence-electron chi connectivity index (χ4n) is 3.62. The normalized spacial score (nSPS) is 13.1. The quantitative estimate of drug-likeness (QED) is 0.414. The number of rotatable bonds is 10. The van der Waals surface area contributed by atoms with Crippen molar-refractivity contribution in [3.63, 3.8) is 0 Å². The molecular formula is C27H40N4S. The fraction of sp³-hybridized carbons (Fsp3) is 0.407.